The molecule has 4 aliphatic rings. The minimum Gasteiger partial charge on any atom is -0.310 e. The van der Waals surface area contributed by atoms with Crippen molar-refractivity contribution in [2.75, 3.05) is 9.80 Å². The van der Waals surface area contributed by atoms with Crippen molar-refractivity contribution in [2.24, 2.45) is 0 Å². The van der Waals surface area contributed by atoms with E-state index in [1.165, 1.54) is 189 Å². The molecule has 0 radical (unpaired) electrons. The van der Waals surface area contributed by atoms with Crippen LogP contribution in [0.1, 0.15) is 89.0 Å². The van der Waals surface area contributed by atoms with Crippen LogP contribution in [0.2, 0.25) is 0 Å². The molecule has 704 valence electrons. The molecule has 0 heterocycles. The van der Waals surface area contributed by atoms with Gasteiger partial charge in [0, 0.05) is 34.1 Å². The fraction of sp³-hybridized carbons (Fsp3) is 0.0270. The van der Waals surface area contributed by atoms with E-state index in [9.17, 15) is 0 Å². The first kappa shape index (κ1) is 89.7. The molecule has 0 saturated carbocycles. The number of anilines is 6. The van der Waals surface area contributed by atoms with E-state index in [0.29, 0.717) is 0 Å². The highest BCUT2D eigenvalue weighted by Gasteiger charge is 2.51. The van der Waals surface area contributed by atoms with Crippen molar-refractivity contribution < 1.29 is 0 Å². The summed E-state index contributed by atoms with van der Waals surface area (Å²) in [7, 11) is 0. The van der Waals surface area contributed by atoms with E-state index < -0.39 is 21.7 Å². The fourth-order valence-corrected chi connectivity index (χ4v) is 25.6. The molecule has 2 heteroatoms. The third kappa shape index (κ3) is 14.8. The van der Waals surface area contributed by atoms with Crippen LogP contribution in [-0.4, -0.2) is 0 Å². The predicted molar refractivity (Wildman–Crippen MR) is 624 cm³/mol. The zero-order valence-electron chi connectivity index (χ0n) is 82.8. The highest BCUT2D eigenvalue weighted by atomic mass is 15.1. The number of hydrogen-bond acceptors (Lipinski definition) is 2. The molecule has 28 rings (SSSR count). The topological polar surface area (TPSA) is 6.48 Å². The quantitative estimate of drug-likeness (QED) is 0.0750. The molecule has 0 aliphatic heterocycles. The third-order valence-electron chi connectivity index (χ3n) is 32.1. The maximum Gasteiger partial charge on any atom is 0.0713 e. The van der Waals surface area contributed by atoms with E-state index in [1.807, 2.05) is 0 Å². The molecule has 2 nitrogen and oxygen atoms in total. The van der Waals surface area contributed by atoms with Gasteiger partial charge in [-0.1, -0.05) is 534 Å². The van der Waals surface area contributed by atoms with E-state index in [1.54, 1.807) is 0 Å². The SMILES string of the molecule is c1ccc(-c2ccc(-c3cccc(N(c4ccc(-c5ccc6c(c5)C(c5ccccc5)(c5ccccc5)c5ccccc5-6)cc4)c4ccc5c(c4)-c4ccccc4C5(c4ccccc4)c4ccccc4)c3)cc2)cc1.c1ccc(-c2ccccc2-c2ccc(N(c3ccc(-c4ccc5c(c4)C(c4ccccc4)(c4ccccc4)c4ccccc4-5)cc3)c3ccc4c(c3)-c3ccccc3C4(c3ccccc3)c3ccccc3)cc2)cc1. The van der Waals surface area contributed by atoms with Gasteiger partial charge in [-0.25, -0.2) is 0 Å². The molecule has 0 fully saturated rings. The van der Waals surface area contributed by atoms with Gasteiger partial charge in [-0.2, -0.15) is 0 Å². The molecule has 0 aromatic heterocycles. The van der Waals surface area contributed by atoms with E-state index in [2.05, 4.69) is 629 Å². The largest absolute Gasteiger partial charge is 0.310 e. The van der Waals surface area contributed by atoms with Crippen LogP contribution in [-0.2, 0) is 21.7 Å². The van der Waals surface area contributed by atoms with Gasteiger partial charge in [0.1, 0.15) is 0 Å². The minimum atomic E-state index is -0.485. The summed E-state index contributed by atoms with van der Waals surface area (Å²) >= 11 is 0. The van der Waals surface area contributed by atoms with Crippen LogP contribution < -0.4 is 9.80 Å². The van der Waals surface area contributed by atoms with Crippen LogP contribution in [0.15, 0.2) is 619 Å². The van der Waals surface area contributed by atoms with Crippen molar-refractivity contribution in [2.45, 2.75) is 21.7 Å². The third-order valence-corrected chi connectivity index (χ3v) is 32.1. The first-order valence-corrected chi connectivity index (χ1v) is 52.1. The molecular formula is C148H102N2. The molecule has 0 saturated heterocycles. The van der Waals surface area contributed by atoms with Gasteiger partial charge in [-0.15, -0.1) is 0 Å². The number of hydrogen-bond donors (Lipinski definition) is 0. The van der Waals surface area contributed by atoms with Crippen molar-refractivity contribution in [1.82, 2.24) is 0 Å². The lowest BCUT2D eigenvalue weighted by Gasteiger charge is -2.34. The summed E-state index contributed by atoms with van der Waals surface area (Å²) in [6.45, 7) is 0. The standard InChI is InChI=1S/2C74H51N/c1-6-21-52(22-7-1)53-37-39-54(40-38-53)56-23-20-32-63(49-56)75(64-46-48-71-68(51-64)66-34-17-19-36-70(66)73(71,58-24-8-2-9-25-58)59-26-10-3-11-27-59)62-44-41-55(42-45-62)57-43-47-67-65-33-16-18-35-69(65)74(72(67)50-57,60-28-12-4-13-29-60)61-30-14-5-15-31-61;1-6-22-53(23-7-1)63-32-16-17-33-64(63)54-40-45-61(46-41-54)75(62-47-49-71-68(51-62)66-35-19-21-37-70(66)73(71,56-24-8-2-9-25-56)57-26-10-3-11-27-57)60-43-38-52(39-44-60)55-42-48-67-65-34-18-20-36-69(65)74(72(67)50-55,58-28-12-4-13-29-58)59-30-14-5-15-31-59/h2*1-51H. The molecular weight excluding hydrogens is 1810 g/mol. The van der Waals surface area contributed by atoms with Gasteiger partial charge in [0.25, 0.3) is 0 Å². The van der Waals surface area contributed by atoms with E-state index in [4.69, 9.17) is 0 Å². The fourth-order valence-electron chi connectivity index (χ4n) is 25.6. The van der Waals surface area contributed by atoms with Crippen LogP contribution in [0.3, 0.4) is 0 Å². The van der Waals surface area contributed by atoms with Gasteiger partial charge in [0.15, 0.2) is 0 Å². The van der Waals surface area contributed by atoms with Crippen molar-refractivity contribution in [3.63, 3.8) is 0 Å². The summed E-state index contributed by atoms with van der Waals surface area (Å²) in [5, 5.41) is 0. The molecule has 150 heavy (non-hydrogen) atoms. The molecule has 0 spiro atoms. The van der Waals surface area contributed by atoms with Crippen LogP contribution in [0.4, 0.5) is 34.1 Å². The highest BCUT2D eigenvalue weighted by molar-refractivity contribution is 5.97. The summed E-state index contributed by atoms with van der Waals surface area (Å²) in [4.78, 5) is 4.87. The summed E-state index contributed by atoms with van der Waals surface area (Å²) in [6, 6.07) is 229. The van der Waals surface area contributed by atoms with E-state index in [0.717, 1.165) is 45.3 Å². The lowest BCUT2D eigenvalue weighted by Crippen LogP contribution is -2.28. The van der Waals surface area contributed by atoms with Gasteiger partial charge in [0.05, 0.1) is 21.7 Å². The number of nitrogens with zero attached hydrogens (tertiary/aromatic N) is 2. The Labute approximate surface area is 878 Å². The Morgan fingerprint density at radius 1 is 0.0933 bits per heavy atom. The minimum absolute atomic E-state index is 0.472. The molecule has 4 aliphatic carbocycles. The molecule has 24 aromatic rings. The predicted octanol–water partition coefficient (Wildman–Crippen LogP) is 37.8. The molecule has 0 bridgehead atoms. The van der Waals surface area contributed by atoms with Gasteiger partial charge in [-0.3, -0.25) is 0 Å². The van der Waals surface area contributed by atoms with Crippen LogP contribution in [0.25, 0.3) is 111 Å². The normalized spacial score (nSPS) is 13.3. The van der Waals surface area contributed by atoms with Crippen LogP contribution in [0.5, 0.6) is 0 Å². The maximum absolute atomic E-state index is 2.46. The Morgan fingerprint density at radius 3 is 0.600 bits per heavy atom. The highest BCUT2D eigenvalue weighted by Crippen LogP contribution is 2.63. The van der Waals surface area contributed by atoms with Gasteiger partial charge >= 0.3 is 0 Å². The van der Waals surface area contributed by atoms with Crippen LogP contribution in [0, 0.1) is 0 Å². The number of benzene rings is 24. The molecule has 24 aromatic carbocycles. The van der Waals surface area contributed by atoms with Crippen molar-refractivity contribution >= 4 is 34.1 Å². The van der Waals surface area contributed by atoms with Crippen molar-refractivity contribution in [3.05, 3.63) is 708 Å². The summed E-state index contributed by atoms with van der Waals surface area (Å²) in [6.07, 6.45) is 0. The average Bonchev–Trinajstić information content (AvgIpc) is 1.55. The molecule has 0 amide bonds. The monoisotopic (exact) mass is 1910 g/mol. The first-order chi connectivity index (χ1) is 74.4. The molecule has 0 atom stereocenters. The van der Waals surface area contributed by atoms with Gasteiger partial charge < -0.3 is 9.80 Å². The van der Waals surface area contributed by atoms with Gasteiger partial charge in [-0.05, 0) is 285 Å². The van der Waals surface area contributed by atoms with Crippen LogP contribution >= 0.6 is 0 Å². The molecule has 0 N–H and O–H groups in total. The molecule has 0 unspecified atom stereocenters. The second kappa shape index (κ2) is 37.8. The van der Waals surface area contributed by atoms with Crippen molar-refractivity contribution in [3.8, 4) is 111 Å². The van der Waals surface area contributed by atoms with E-state index >= 15 is 0 Å². The summed E-state index contributed by atoms with van der Waals surface area (Å²) in [5.74, 6) is 0. The zero-order chi connectivity index (χ0) is 99.5. The Hall–Kier alpha value is -19.1. The smallest absolute Gasteiger partial charge is 0.0713 e. The Bertz CT molecular complexity index is 8940. The maximum atomic E-state index is 2.46. The van der Waals surface area contributed by atoms with E-state index in [-0.39, 0.29) is 0 Å². The number of rotatable bonds is 20. The Morgan fingerprint density at radius 2 is 0.280 bits per heavy atom. The average molecular weight is 1910 g/mol. The zero-order valence-corrected chi connectivity index (χ0v) is 82.8. The second-order valence-corrected chi connectivity index (χ2v) is 39.8. The van der Waals surface area contributed by atoms with Gasteiger partial charge in [0.2, 0.25) is 0 Å². The second-order valence-electron chi connectivity index (χ2n) is 39.8. The summed E-state index contributed by atoms with van der Waals surface area (Å²) in [5.41, 5.74) is 49.5. The van der Waals surface area contributed by atoms with Crippen molar-refractivity contribution in [1.29, 1.82) is 0 Å². The number of fused-ring (bicyclic) bond motifs is 12. The summed E-state index contributed by atoms with van der Waals surface area (Å²) < 4.78 is 0. The Kier molecular flexibility index (Phi) is 22.6. The lowest BCUT2D eigenvalue weighted by atomic mass is 9.67. The Balaban J connectivity index is 0.000000148. The lowest BCUT2D eigenvalue weighted by molar-refractivity contribution is 0.768. The first-order valence-electron chi connectivity index (χ1n) is 52.1.